The third kappa shape index (κ3) is 6.55. The first-order valence-electron chi connectivity index (χ1n) is 8.07. The fourth-order valence-electron chi connectivity index (χ4n) is 2.20. The zero-order valence-electron chi connectivity index (χ0n) is 14.4. The lowest BCUT2D eigenvalue weighted by atomic mass is 10.2. The number of halogens is 2. The van der Waals surface area contributed by atoms with Crippen LogP contribution < -0.4 is 15.4 Å². The third-order valence-electron chi connectivity index (χ3n) is 3.47. The Morgan fingerprint density at radius 3 is 2.68 bits per heavy atom. The monoisotopic (exact) mass is 424 g/mol. The number of hydrogen-bond acceptors (Lipinski definition) is 3. The summed E-state index contributed by atoms with van der Waals surface area (Å²) in [7, 11) is 1.65. The first kappa shape index (κ1) is 19.5. The Labute approximate surface area is 162 Å². The Kier molecular flexibility index (Phi) is 8.01. The number of hydrogen-bond donors (Lipinski definition) is 2. The van der Waals surface area contributed by atoms with Gasteiger partial charge in [0.1, 0.15) is 10.9 Å². The lowest BCUT2D eigenvalue weighted by molar-refractivity contribution is 0.412. The van der Waals surface area contributed by atoms with Crippen LogP contribution in [0, 0.1) is 0 Å². The van der Waals surface area contributed by atoms with Crippen LogP contribution in [0.1, 0.15) is 18.1 Å². The second-order valence-corrected chi connectivity index (χ2v) is 6.57. The fraction of sp³-hybridized carbons (Fsp3) is 0.333. The molecule has 0 aliphatic carbocycles. The molecule has 0 unspecified atom stereocenters. The number of nitrogens with one attached hydrogen (secondary N) is 2. The van der Waals surface area contributed by atoms with E-state index in [1.165, 1.54) is 0 Å². The Bertz CT molecular complexity index is 707. The molecule has 25 heavy (non-hydrogen) atoms. The smallest absolute Gasteiger partial charge is 0.191 e. The molecule has 0 aliphatic heterocycles. The Balaban J connectivity index is 1.91. The van der Waals surface area contributed by atoms with E-state index in [4.69, 9.17) is 16.3 Å². The molecule has 0 bridgehead atoms. The molecule has 7 heteroatoms. The van der Waals surface area contributed by atoms with Crippen LogP contribution in [0.3, 0.4) is 0 Å². The van der Waals surface area contributed by atoms with Crippen LogP contribution in [0.15, 0.2) is 46.0 Å². The van der Waals surface area contributed by atoms with E-state index in [2.05, 4.69) is 36.5 Å². The quantitative estimate of drug-likeness (QED) is 0.402. The molecule has 0 saturated heterocycles. The van der Waals surface area contributed by atoms with Crippen molar-refractivity contribution >= 4 is 33.5 Å². The number of aliphatic imine (C=N–C) groups is 1. The van der Waals surface area contributed by atoms with Gasteiger partial charge in [-0.3, -0.25) is 0 Å². The summed E-state index contributed by atoms with van der Waals surface area (Å²) in [4.78, 5) is 8.71. The van der Waals surface area contributed by atoms with E-state index >= 15 is 0 Å². The van der Waals surface area contributed by atoms with Gasteiger partial charge >= 0.3 is 0 Å². The van der Waals surface area contributed by atoms with Crippen LogP contribution in [-0.2, 0) is 13.0 Å². The Morgan fingerprint density at radius 1 is 1.24 bits per heavy atom. The number of pyridine rings is 1. The van der Waals surface area contributed by atoms with Crippen molar-refractivity contribution < 1.29 is 4.74 Å². The summed E-state index contributed by atoms with van der Waals surface area (Å²) < 4.78 is 6.17. The second kappa shape index (κ2) is 10.3. The van der Waals surface area contributed by atoms with E-state index < -0.39 is 0 Å². The molecule has 0 saturated carbocycles. The van der Waals surface area contributed by atoms with Crippen molar-refractivity contribution in [1.82, 2.24) is 15.6 Å². The molecule has 1 aromatic heterocycles. The van der Waals surface area contributed by atoms with Crippen molar-refractivity contribution in [3.8, 4) is 5.75 Å². The largest absolute Gasteiger partial charge is 0.496 e. The standard InChI is InChI=1S/C18H22BrClN4O/c1-3-21-18(22-9-8-13-5-7-17(20)23-11-13)24-12-14-4-6-16(25-2)15(19)10-14/h4-7,10-11H,3,8-9,12H2,1-2H3,(H2,21,22,24). The van der Waals surface area contributed by atoms with Crippen molar-refractivity contribution in [3.05, 3.63) is 57.3 Å². The maximum absolute atomic E-state index is 5.80. The second-order valence-electron chi connectivity index (χ2n) is 5.33. The first-order valence-corrected chi connectivity index (χ1v) is 9.24. The van der Waals surface area contributed by atoms with E-state index in [1.54, 1.807) is 19.4 Å². The highest BCUT2D eigenvalue weighted by molar-refractivity contribution is 9.10. The minimum absolute atomic E-state index is 0.511. The summed E-state index contributed by atoms with van der Waals surface area (Å²) in [6.07, 6.45) is 2.64. The minimum Gasteiger partial charge on any atom is -0.496 e. The highest BCUT2D eigenvalue weighted by atomic mass is 79.9. The summed E-state index contributed by atoms with van der Waals surface area (Å²) in [5.41, 5.74) is 2.23. The lowest BCUT2D eigenvalue weighted by Crippen LogP contribution is -2.38. The van der Waals surface area contributed by atoms with Gasteiger partial charge in [-0.25, -0.2) is 9.98 Å². The minimum atomic E-state index is 0.511. The maximum Gasteiger partial charge on any atom is 0.191 e. The molecule has 0 radical (unpaired) electrons. The van der Waals surface area contributed by atoms with E-state index in [9.17, 15) is 0 Å². The average molecular weight is 426 g/mol. The molecule has 2 aromatic rings. The summed E-state index contributed by atoms with van der Waals surface area (Å²) in [5, 5.41) is 7.10. The topological polar surface area (TPSA) is 58.5 Å². The number of benzene rings is 1. The Hall–Kier alpha value is -1.79. The number of nitrogens with zero attached hydrogens (tertiary/aromatic N) is 2. The normalized spacial score (nSPS) is 11.3. The number of ether oxygens (including phenoxy) is 1. The highest BCUT2D eigenvalue weighted by Gasteiger charge is 2.02. The van der Waals surface area contributed by atoms with Crippen LogP contribution in [0.4, 0.5) is 0 Å². The SMILES string of the molecule is CCNC(=NCc1ccc(OC)c(Br)c1)NCCc1ccc(Cl)nc1. The summed E-state index contributed by atoms with van der Waals surface area (Å²) in [5.74, 6) is 1.60. The number of methoxy groups -OCH3 is 1. The Morgan fingerprint density at radius 2 is 2.04 bits per heavy atom. The molecule has 134 valence electrons. The summed E-state index contributed by atoms with van der Waals surface area (Å²) >= 11 is 9.30. The number of rotatable bonds is 7. The summed E-state index contributed by atoms with van der Waals surface area (Å²) in [6, 6.07) is 9.75. The van der Waals surface area contributed by atoms with Gasteiger partial charge in [0.15, 0.2) is 5.96 Å². The van der Waals surface area contributed by atoms with E-state index in [1.807, 2.05) is 31.2 Å². The van der Waals surface area contributed by atoms with E-state index in [0.29, 0.717) is 11.7 Å². The molecule has 0 amide bonds. The van der Waals surface area contributed by atoms with E-state index in [0.717, 1.165) is 46.8 Å². The molecule has 2 N–H and O–H groups in total. The average Bonchev–Trinajstić information content (AvgIpc) is 2.61. The van der Waals surface area contributed by atoms with Gasteiger partial charge in [-0.05, 0) is 58.6 Å². The van der Waals surface area contributed by atoms with Gasteiger partial charge in [0.2, 0.25) is 0 Å². The van der Waals surface area contributed by atoms with E-state index in [-0.39, 0.29) is 0 Å². The van der Waals surface area contributed by atoms with Gasteiger partial charge in [0, 0.05) is 19.3 Å². The highest BCUT2D eigenvalue weighted by Crippen LogP contribution is 2.25. The number of aromatic nitrogens is 1. The van der Waals surface area contributed by atoms with Gasteiger partial charge in [-0.2, -0.15) is 0 Å². The van der Waals surface area contributed by atoms with Crippen molar-refractivity contribution in [2.24, 2.45) is 4.99 Å². The molecular weight excluding hydrogens is 404 g/mol. The molecule has 0 atom stereocenters. The van der Waals surface area contributed by atoms with Crippen LogP contribution in [0.2, 0.25) is 5.15 Å². The van der Waals surface area contributed by atoms with Crippen LogP contribution in [-0.4, -0.2) is 31.1 Å². The third-order valence-corrected chi connectivity index (χ3v) is 4.32. The van der Waals surface area contributed by atoms with Crippen LogP contribution in [0.25, 0.3) is 0 Å². The lowest BCUT2D eigenvalue weighted by Gasteiger charge is -2.11. The molecule has 0 spiro atoms. The first-order chi connectivity index (χ1) is 12.1. The zero-order valence-corrected chi connectivity index (χ0v) is 16.7. The van der Waals surface area contributed by atoms with Crippen molar-refractivity contribution in [3.63, 3.8) is 0 Å². The van der Waals surface area contributed by atoms with Crippen LogP contribution >= 0.6 is 27.5 Å². The molecule has 1 heterocycles. The van der Waals surface area contributed by atoms with Gasteiger partial charge in [0.25, 0.3) is 0 Å². The van der Waals surface area contributed by atoms with Gasteiger partial charge < -0.3 is 15.4 Å². The van der Waals surface area contributed by atoms with Crippen molar-refractivity contribution in [2.45, 2.75) is 19.9 Å². The predicted molar refractivity (Wildman–Crippen MR) is 106 cm³/mol. The van der Waals surface area contributed by atoms with Gasteiger partial charge in [-0.1, -0.05) is 23.7 Å². The molecule has 1 aromatic carbocycles. The summed E-state index contributed by atoms with van der Waals surface area (Å²) in [6.45, 7) is 4.20. The van der Waals surface area contributed by atoms with Crippen molar-refractivity contribution in [1.29, 1.82) is 0 Å². The van der Waals surface area contributed by atoms with Gasteiger partial charge in [-0.15, -0.1) is 0 Å². The van der Waals surface area contributed by atoms with Gasteiger partial charge in [0.05, 0.1) is 18.1 Å². The zero-order chi connectivity index (χ0) is 18.1. The van der Waals surface area contributed by atoms with Crippen molar-refractivity contribution in [2.75, 3.05) is 20.2 Å². The molecule has 2 rings (SSSR count). The molecule has 0 aliphatic rings. The molecular formula is C18H22BrClN4O. The molecule has 0 fully saturated rings. The maximum atomic E-state index is 5.80. The van der Waals surface area contributed by atoms with Crippen LogP contribution in [0.5, 0.6) is 5.75 Å². The fourth-order valence-corrected chi connectivity index (χ4v) is 2.90. The molecule has 5 nitrogen and oxygen atoms in total. The predicted octanol–water partition coefficient (Wildman–Crippen LogP) is 3.80. The number of guanidine groups is 1.